The van der Waals surface area contributed by atoms with Gasteiger partial charge in [-0.1, -0.05) is 12.2 Å². The molecule has 1 aliphatic carbocycles. The number of amides is 1. The first-order valence-corrected chi connectivity index (χ1v) is 5.62. The lowest BCUT2D eigenvalue weighted by Crippen LogP contribution is -2.45. The first kappa shape index (κ1) is 10.6. The van der Waals surface area contributed by atoms with E-state index in [0.29, 0.717) is 13.0 Å². The summed E-state index contributed by atoms with van der Waals surface area (Å²) in [6.45, 7) is 0.530. The summed E-state index contributed by atoms with van der Waals surface area (Å²) >= 11 is 0. The van der Waals surface area contributed by atoms with Crippen molar-refractivity contribution in [3.63, 3.8) is 0 Å². The maximum Gasteiger partial charge on any atom is 0.237 e. The average molecular weight is 210 g/mol. The zero-order valence-corrected chi connectivity index (χ0v) is 8.78. The number of allylic oxidation sites excluding steroid dienone is 1. The number of hydrogen-bond acceptors (Lipinski definition) is 3. The topological polar surface area (TPSA) is 61.4 Å². The van der Waals surface area contributed by atoms with Crippen LogP contribution in [0.25, 0.3) is 0 Å². The molecule has 0 aromatic heterocycles. The maximum absolute atomic E-state index is 11.8. The van der Waals surface area contributed by atoms with Crippen LogP contribution in [0.15, 0.2) is 12.2 Å². The van der Waals surface area contributed by atoms with E-state index in [2.05, 4.69) is 22.8 Å². The number of carbonyl (C=O) groups is 1. The van der Waals surface area contributed by atoms with Gasteiger partial charge in [-0.15, -0.1) is 0 Å². The molecule has 3 N–H and O–H groups in total. The molecular weight excluding hydrogens is 192 g/mol. The average Bonchev–Trinajstić information content (AvgIpc) is 2.66. The third kappa shape index (κ3) is 2.79. The Kier molecular flexibility index (Phi) is 3.38. The van der Waals surface area contributed by atoms with E-state index in [4.69, 9.17) is 0 Å². The summed E-state index contributed by atoms with van der Waals surface area (Å²) in [7, 11) is 0. The van der Waals surface area contributed by atoms with Crippen LogP contribution in [0.5, 0.6) is 0 Å². The largest absolute Gasteiger partial charge is 0.392 e. The number of nitrogens with one attached hydrogen (secondary N) is 2. The van der Waals surface area contributed by atoms with Crippen LogP contribution in [0.1, 0.15) is 25.7 Å². The normalized spacial score (nSPS) is 35.4. The Bertz CT molecular complexity index is 265. The molecule has 0 spiro atoms. The van der Waals surface area contributed by atoms with Crippen molar-refractivity contribution in [2.45, 2.75) is 43.9 Å². The minimum absolute atomic E-state index is 0.0341. The van der Waals surface area contributed by atoms with Crippen molar-refractivity contribution in [3.05, 3.63) is 12.2 Å². The first-order valence-electron chi connectivity index (χ1n) is 5.62. The number of aliphatic hydroxyl groups excluding tert-OH is 1. The second-order valence-electron chi connectivity index (χ2n) is 4.34. The highest BCUT2D eigenvalue weighted by molar-refractivity contribution is 5.82. The quantitative estimate of drug-likeness (QED) is 0.559. The van der Waals surface area contributed by atoms with Gasteiger partial charge in [-0.05, 0) is 25.7 Å². The molecule has 2 aliphatic rings. The molecule has 0 bridgehead atoms. The molecule has 1 fully saturated rings. The minimum atomic E-state index is -0.369. The summed E-state index contributed by atoms with van der Waals surface area (Å²) in [5.74, 6) is 0.0341. The lowest BCUT2D eigenvalue weighted by atomic mass is 10.0. The van der Waals surface area contributed by atoms with Gasteiger partial charge in [-0.25, -0.2) is 0 Å². The van der Waals surface area contributed by atoms with Gasteiger partial charge in [-0.3, -0.25) is 4.79 Å². The Morgan fingerprint density at radius 1 is 1.47 bits per heavy atom. The molecule has 0 aromatic rings. The molecule has 1 heterocycles. The second kappa shape index (κ2) is 4.77. The summed E-state index contributed by atoms with van der Waals surface area (Å²) in [6, 6.07) is 0.0768. The molecule has 1 amide bonds. The highest BCUT2D eigenvalue weighted by Crippen LogP contribution is 2.12. The van der Waals surface area contributed by atoms with E-state index in [1.807, 2.05) is 0 Å². The van der Waals surface area contributed by atoms with Crippen LogP contribution in [-0.2, 0) is 4.79 Å². The monoisotopic (exact) mass is 210 g/mol. The molecule has 84 valence electrons. The molecule has 0 radical (unpaired) electrons. The van der Waals surface area contributed by atoms with Gasteiger partial charge >= 0.3 is 0 Å². The van der Waals surface area contributed by atoms with Gasteiger partial charge in [0, 0.05) is 12.6 Å². The Balaban J connectivity index is 1.79. The maximum atomic E-state index is 11.8. The van der Waals surface area contributed by atoms with Gasteiger partial charge in [0.15, 0.2) is 0 Å². The number of β-amino-alcohol motifs (C(OH)–C–C–N with tert-alkyl or cyclic N) is 1. The van der Waals surface area contributed by atoms with Crippen molar-refractivity contribution in [3.8, 4) is 0 Å². The zero-order chi connectivity index (χ0) is 10.7. The fourth-order valence-electron chi connectivity index (χ4n) is 2.14. The lowest BCUT2D eigenvalue weighted by Gasteiger charge is -2.21. The number of rotatable bonds is 2. The number of hydrogen-bond donors (Lipinski definition) is 3. The fraction of sp³-hybridized carbons (Fsp3) is 0.727. The molecule has 0 aromatic carbocycles. The molecule has 2 rings (SSSR count). The molecular formula is C11H18N2O2. The fourth-order valence-corrected chi connectivity index (χ4v) is 2.14. The van der Waals surface area contributed by atoms with E-state index < -0.39 is 0 Å². The van der Waals surface area contributed by atoms with Crippen LogP contribution in [-0.4, -0.2) is 35.7 Å². The van der Waals surface area contributed by atoms with Crippen LogP contribution >= 0.6 is 0 Å². The zero-order valence-electron chi connectivity index (χ0n) is 8.78. The molecule has 3 unspecified atom stereocenters. The van der Waals surface area contributed by atoms with Gasteiger partial charge in [0.1, 0.15) is 0 Å². The van der Waals surface area contributed by atoms with E-state index in [1.165, 1.54) is 0 Å². The number of carbonyl (C=O) groups excluding carboxylic acids is 1. The Hall–Kier alpha value is -0.870. The Morgan fingerprint density at radius 3 is 2.93 bits per heavy atom. The molecule has 1 saturated heterocycles. The SMILES string of the molecule is O=C(NC1CC=CCC1)C1CC(O)CN1. The first-order chi connectivity index (χ1) is 7.25. The number of aliphatic hydroxyl groups is 1. The van der Waals surface area contributed by atoms with Crippen molar-refractivity contribution < 1.29 is 9.90 Å². The second-order valence-corrected chi connectivity index (χ2v) is 4.34. The van der Waals surface area contributed by atoms with E-state index in [-0.39, 0.29) is 24.1 Å². The van der Waals surface area contributed by atoms with E-state index in [0.717, 1.165) is 19.3 Å². The van der Waals surface area contributed by atoms with Gasteiger partial charge in [-0.2, -0.15) is 0 Å². The van der Waals surface area contributed by atoms with Crippen molar-refractivity contribution in [1.82, 2.24) is 10.6 Å². The van der Waals surface area contributed by atoms with E-state index in [9.17, 15) is 9.90 Å². The van der Waals surface area contributed by atoms with Gasteiger partial charge in [0.05, 0.1) is 12.1 Å². The van der Waals surface area contributed by atoms with Crippen LogP contribution in [0.3, 0.4) is 0 Å². The van der Waals surface area contributed by atoms with Crippen LogP contribution < -0.4 is 10.6 Å². The highest BCUT2D eigenvalue weighted by atomic mass is 16.3. The summed E-state index contributed by atoms with van der Waals surface area (Å²) in [4.78, 5) is 11.8. The predicted octanol–water partition coefficient (Wildman–Crippen LogP) is -0.0659. The van der Waals surface area contributed by atoms with Crippen LogP contribution in [0.4, 0.5) is 0 Å². The molecule has 3 atom stereocenters. The smallest absolute Gasteiger partial charge is 0.237 e. The van der Waals surface area contributed by atoms with Gasteiger partial charge < -0.3 is 15.7 Å². The van der Waals surface area contributed by atoms with Gasteiger partial charge in [0.2, 0.25) is 5.91 Å². The van der Waals surface area contributed by atoms with Gasteiger partial charge in [0.25, 0.3) is 0 Å². The Morgan fingerprint density at radius 2 is 2.33 bits per heavy atom. The van der Waals surface area contributed by atoms with Crippen molar-refractivity contribution in [2.75, 3.05) is 6.54 Å². The summed E-state index contributed by atoms with van der Waals surface area (Å²) in [6.07, 6.45) is 7.44. The van der Waals surface area contributed by atoms with E-state index >= 15 is 0 Å². The van der Waals surface area contributed by atoms with E-state index in [1.54, 1.807) is 0 Å². The van der Waals surface area contributed by atoms with Crippen molar-refractivity contribution >= 4 is 5.91 Å². The summed E-state index contributed by atoms with van der Waals surface area (Å²) in [5, 5.41) is 15.3. The van der Waals surface area contributed by atoms with Crippen LogP contribution in [0.2, 0.25) is 0 Å². The minimum Gasteiger partial charge on any atom is -0.392 e. The molecule has 4 nitrogen and oxygen atoms in total. The lowest BCUT2D eigenvalue weighted by molar-refractivity contribution is -0.123. The molecule has 4 heteroatoms. The van der Waals surface area contributed by atoms with Crippen LogP contribution in [0, 0.1) is 0 Å². The third-order valence-corrected chi connectivity index (χ3v) is 3.04. The predicted molar refractivity (Wildman–Crippen MR) is 57.3 cm³/mol. The van der Waals surface area contributed by atoms with Crippen molar-refractivity contribution in [1.29, 1.82) is 0 Å². The standard InChI is InChI=1S/C11H18N2O2/c14-9-6-10(12-7-9)11(15)13-8-4-2-1-3-5-8/h1-2,8-10,12,14H,3-7H2,(H,13,15). The summed E-state index contributed by atoms with van der Waals surface area (Å²) in [5.41, 5.74) is 0. The molecule has 15 heavy (non-hydrogen) atoms. The third-order valence-electron chi connectivity index (χ3n) is 3.04. The Labute approximate surface area is 89.7 Å². The highest BCUT2D eigenvalue weighted by Gasteiger charge is 2.29. The molecule has 0 saturated carbocycles. The molecule has 1 aliphatic heterocycles. The summed E-state index contributed by atoms with van der Waals surface area (Å²) < 4.78 is 0. The van der Waals surface area contributed by atoms with Crippen molar-refractivity contribution in [2.24, 2.45) is 0 Å².